The first kappa shape index (κ1) is 20.9. The zero-order chi connectivity index (χ0) is 16.4. The largest absolute Gasteiger partial charge is 0.376 e. The number of hydrogen-bond acceptors (Lipinski definition) is 2. The minimum absolute atomic E-state index is 0.000424. The van der Waals surface area contributed by atoms with Gasteiger partial charge in [-0.15, -0.1) is 0 Å². The van der Waals surface area contributed by atoms with Gasteiger partial charge in [-0.3, -0.25) is 0 Å². The van der Waals surface area contributed by atoms with E-state index in [0.717, 1.165) is 32.3 Å². The Morgan fingerprint density at radius 2 is 1.33 bits per heavy atom. The van der Waals surface area contributed by atoms with Crippen molar-refractivity contribution in [3.05, 3.63) is 0 Å². The van der Waals surface area contributed by atoms with Crippen LogP contribution < -0.4 is 0 Å². The lowest BCUT2D eigenvalue weighted by atomic mass is 10.0. The van der Waals surface area contributed by atoms with E-state index >= 15 is 0 Å². The van der Waals surface area contributed by atoms with Crippen LogP contribution in [-0.2, 0) is 9.47 Å². The third-order valence-corrected chi connectivity index (χ3v) is 4.48. The first-order chi connectivity index (χ1) is 9.76. The molecule has 0 saturated carbocycles. The molecule has 0 aliphatic heterocycles. The molecule has 0 rings (SSSR count). The predicted molar refractivity (Wildman–Crippen MR) is 92.9 cm³/mol. The van der Waals surface area contributed by atoms with E-state index in [0.29, 0.717) is 6.10 Å². The zero-order valence-electron chi connectivity index (χ0n) is 15.8. The monoisotopic (exact) mass is 300 g/mol. The fourth-order valence-corrected chi connectivity index (χ4v) is 2.18. The number of unbranched alkanes of at least 4 members (excludes halogenated alkanes) is 2. The summed E-state index contributed by atoms with van der Waals surface area (Å²) in [5.74, 6) is 0. The second kappa shape index (κ2) is 10.6. The van der Waals surface area contributed by atoms with Gasteiger partial charge in [0.1, 0.15) is 0 Å². The highest BCUT2D eigenvalue weighted by atomic mass is 16.5. The molecular weight excluding hydrogens is 260 g/mol. The summed E-state index contributed by atoms with van der Waals surface area (Å²) < 4.78 is 12.3. The van der Waals surface area contributed by atoms with Crippen molar-refractivity contribution in [3.8, 4) is 0 Å². The highest BCUT2D eigenvalue weighted by Gasteiger charge is 2.22. The molecule has 0 aromatic carbocycles. The second-order valence-electron chi connectivity index (χ2n) is 7.45. The van der Waals surface area contributed by atoms with Crippen LogP contribution in [0, 0.1) is 0 Å². The molecule has 0 heterocycles. The first-order valence-corrected chi connectivity index (χ1v) is 9.08. The summed E-state index contributed by atoms with van der Waals surface area (Å²) in [6, 6.07) is 0. The van der Waals surface area contributed by atoms with Crippen LogP contribution in [0.3, 0.4) is 0 Å². The van der Waals surface area contributed by atoms with Crippen molar-refractivity contribution in [2.24, 2.45) is 0 Å². The van der Waals surface area contributed by atoms with Gasteiger partial charge in [-0.05, 0) is 59.8 Å². The summed E-state index contributed by atoms with van der Waals surface area (Å²) in [5.41, 5.74) is 0.0156. The molecule has 0 amide bonds. The van der Waals surface area contributed by atoms with Gasteiger partial charge in [0.25, 0.3) is 0 Å². The topological polar surface area (TPSA) is 18.5 Å². The second-order valence-corrected chi connectivity index (χ2v) is 7.45. The van der Waals surface area contributed by atoms with Gasteiger partial charge in [0.15, 0.2) is 0 Å². The molecule has 0 N–H and O–H groups in total. The van der Waals surface area contributed by atoms with E-state index in [1.54, 1.807) is 0 Å². The lowest BCUT2D eigenvalue weighted by Crippen LogP contribution is -2.30. The van der Waals surface area contributed by atoms with E-state index in [-0.39, 0.29) is 11.2 Å². The normalized spacial score (nSPS) is 14.4. The molecule has 0 spiro atoms. The Morgan fingerprint density at radius 3 is 1.86 bits per heavy atom. The zero-order valence-corrected chi connectivity index (χ0v) is 15.8. The van der Waals surface area contributed by atoms with E-state index in [1.165, 1.54) is 25.7 Å². The van der Waals surface area contributed by atoms with Gasteiger partial charge in [0.05, 0.1) is 17.3 Å². The summed E-state index contributed by atoms with van der Waals surface area (Å²) in [6.07, 6.45) is 9.79. The Morgan fingerprint density at radius 1 is 0.762 bits per heavy atom. The maximum atomic E-state index is 6.34. The molecule has 21 heavy (non-hydrogen) atoms. The van der Waals surface area contributed by atoms with E-state index in [9.17, 15) is 0 Å². The molecule has 128 valence electrons. The minimum Gasteiger partial charge on any atom is -0.376 e. The summed E-state index contributed by atoms with van der Waals surface area (Å²) in [6.45, 7) is 16.2. The maximum absolute atomic E-state index is 6.34. The lowest BCUT2D eigenvalue weighted by molar-refractivity contribution is -0.0862. The van der Waals surface area contributed by atoms with Crippen molar-refractivity contribution < 1.29 is 9.47 Å². The molecule has 0 aromatic heterocycles. The molecule has 0 aliphatic carbocycles. The molecule has 0 saturated heterocycles. The number of ether oxygens (including phenoxy) is 2. The van der Waals surface area contributed by atoms with Crippen molar-refractivity contribution in [2.75, 3.05) is 6.61 Å². The van der Waals surface area contributed by atoms with Crippen LogP contribution in [0.4, 0.5) is 0 Å². The van der Waals surface area contributed by atoms with E-state index in [4.69, 9.17) is 9.47 Å². The Hall–Kier alpha value is -0.0800. The van der Waals surface area contributed by atoms with Crippen LogP contribution in [0.5, 0.6) is 0 Å². The van der Waals surface area contributed by atoms with E-state index < -0.39 is 0 Å². The van der Waals surface area contributed by atoms with Crippen LogP contribution in [0.1, 0.15) is 99.8 Å². The van der Waals surface area contributed by atoms with Gasteiger partial charge >= 0.3 is 0 Å². The van der Waals surface area contributed by atoms with E-state index in [2.05, 4.69) is 48.5 Å². The molecule has 0 aromatic rings. The fourth-order valence-electron chi connectivity index (χ4n) is 2.18. The van der Waals surface area contributed by atoms with Crippen molar-refractivity contribution in [1.29, 1.82) is 0 Å². The molecule has 2 nitrogen and oxygen atoms in total. The van der Waals surface area contributed by atoms with E-state index in [1.807, 2.05) is 0 Å². The molecule has 1 unspecified atom stereocenters. The standard InChI is InChI=1S/C19H40O2/c1-8-11-12-14-17(21-19(6,7)10-3)15-13-16-20-18(4,5)9-2/h17H,8-16H2,1-7H3. The number of rotatable bonds is 13. The van der Waals surface area contributed by atoms with Crippen LogP contribution in [0.15, 0.2) is 0 Å². The highest BCUT2D eigenvalue weighted by molar-refractivity contribution is 4.71. The Bertz CT molecular complexity index is 246. The quantitative estimate of drug-likeness (QED) is 0.381. The smallest absolute Gasteiger partial charge is 0.0627 e. The summed E-state index contributed by atoms with van der Waals surface area (Å²) in [5, 5.41) is 0. The van der Waals surface area contributed by atoms with Crippen LogP contribution >= 0.6 is 0 Å². The fraction of sp³-hybridized carbons (Fsp3) is 1.00. The summed E-state index contributed by atoms with van der Waals surface area (Å²) >= 11 is 0. The van der Waals surface area contributed by atoms with Gasteiger partial charge in [-0.1, -0.05) is 40.0 Å². The average molecular weight is 301 g/mol. The predicted octanol–water partition coefficient (Wildman–Crippen LogP) is 6.13. The van der Waals surface area contributed by atoms with Crippen molar-refractivity contribution in [2.45, 2.75) is 117 Å². The van der Waals surface area contributed by atoms with Crippen molar-refractivity contribution in [3.63, 3.8) is 0 Å². The molecule has 1 atom stereocenters. The third kappa shape index (κ3) is 11.2. The van der Waals surface area contributed by atoms with Gasteiger partial charge < -0.3 is 9.47 Å². The minimum atomic E-state index is 0.000424. The molecule has 0 radical (unpaired) electrons. The Kier molecular flexibility index (Phi) is 10.6. The molecule has 0 bridgehead atoms. The van der Waals surface area contributed by atoms with Gasteiger partial charge in [-0.25, -0.2) is 0 Å². The van der Waals surface area contributed by atoms with Crippen LogP contribution in [0.25, 0.3) is 0 Å². The van der Waals surface area contributed by atoms with Crippen molar-refractivity contribution >= 4 is 0 Å². The molecule has 0 aliphatic rings. The van der Waals surface area contributed by atoms with Gasteiger partial charge in [0.2, 0.25) is 0 Å². The SMILES string of the molecule is CCCCCC(CCCOC(C)(C)CC)OC(C)(C)CC. The maximum Gasteiger partial charge on any atom is 0.0627 e. The van der Waals surface area contributed by atoms with Gasteiger partial charge in [0, 0.05) is 6.61 Å². The summed E-state index contributed by atoms with van der Waals surface area (Å²) in [4.78, 5) is 0. The Balaban J connectivity index is 4.15. The van der Waals surface area contributed by atoms with Gasteiger partial charge in [-0.2, -0.15) is 0 Å². The average Bonchev–Trinajstić information content (AvgIpc) is 2.43. The highest BCUT2D eigenvalue weighted by Crippen LogP contribution is 2.23. The molecule has 2 heteroatoms. The number of hydrogen-bond donors (Lipinski definition) is 0. The first-order valence-electron chi connectivity index (χ1n) is 9.08. The van der Waals surface area contributed by atoms with Crippen LogP contribution in [0.2, 0.25) is 0 Å². The Labute approximate surface area is 134 Å². The van der Waals surface area contributed by atoms with Crippen molar-refractivity contribution in [1.82, 2.24) is 0 Å². The molecular formula is C19H40O2. The molecule has 0 fully saturated rings. The third-order valence-electron chi connectivity index (χ3n) is 4.48. The lowest BCUT2D eigenvalue weighted by Gasteiger charge is -2.31. The van der Waals surface area contributed by atoms with Crippen LogP contribution in [-0.4, -0.2) is 23.9 Å². The summed E-state index contributed by atoms with van der Waals surface area (Å²) in [7, 11) is 0.